The first kappa shape index (κ1) is 17.1. The van der Waals surface area contributed by atoms with Gasteiger partial charge in [0.2, 0.25) is 5.95 Å². The second kappa shape index (κ2) is 7.87. The Morgan fingerprint density at radius 2 is 1.92 bits per heavy atom. The fraction of sp³-hybridized carbons (Fsp3) is 0.111. The Labute approximate surface area is 150 Å². The smallest absolute Gasteiger partial charge is 0.222 e. The highest BCUT2D eigenvalue weighted by Gasteiger charge is 2.10. The van der Waals surface area contributed by atoms with Crippen LogP contribution < -0.4 is 20.9 Å². The number of rotatable bonds is 6. The Balaban J connectivity index is 1.93. The van der Waals surface area contributed by atoms with E-state index in [2.05, 4.69) is 15.3 Å². The maximum Gasteiger partial charge on any atom is 0.222 e. The Morgan fingerprint density at radius 3 is 2.72 bits per heavy atom. The van der Waals surface area contributed by atoms with Crippen LogP contribution in [0.15, 0.2) is 54.6 Å². The van der Waals surface area contributed by atoms with Gasteiger partial charge in [0.05, 0.1) is 12.8 Å². The highest BCUT2D eigenvalue weighted by molar-refractivity contribution is 7.96. The SMILES string of the molecule is COc1ccccc1-c1cc(Nc2cccc(CSN)c2)nc(N)n1. The summed E-state index contributed by atoms with van der Waals surface area (Å²) in [6.07, 6.45) is 0. The lowest BCUT2D eigenvalue weighted by atomic mass is 10.1. The number of ether oxygens (including phenoxy) is 1. The van der Waals surface area contributed by atoms with E-state index in [0.29, 0.717) is 11.5 Å². The molecule has 0 spiro atoms. The summed E-state index contributed by atoms with van der Waals surface area (Å²) in [4.78, 5) is 8.60. The molecule has 6 nitrogen and oxygen atoms in total. The van der Waals surface area contributed by atoms with Gasteiger partial charge in [-0.15, -0.1) is 0 Å². The number of methoxy groups -OCH3 is 1. The van der Waals surface area contributed by atoms with Crippen LogP contribution in [-0.4, -0.2) is 17.1 Å². The molecular formula is C18H19N5OS. The number of hydrogen-bond acceptors (Lipinski definition) is 7. The molecule has 0 aliphatic carbocycles. The normalized spacial score (nSPS) is 10.5. The van der Waals surface area contributed by atoms with Gasteiger partial charge < -0.3 is 15.8 Å². The van der Waals surface area contributed by atoms with Crippen molar-refractivity contribution in [3.05, 3.63) is 60.2 Å². The molecule has 25 heavy (non-hydrogen) atoms. The van der Waals surface area contributed by atoms with Crippen molar-refractivity contribution in [1.82, 2.24) is 9.97 Å². The van der Waals surface area contributed by atoms with Gasteiger partial charge in [-0.25, -0.2) is 4.98 Å². The van der Waals surface area contributed by atoms with Crippen molar-refractivity contribution in [3.8, 4) is 17.0 Å². The van der Waals surface area contributed by atoms with Gasteiger partial charge in [0.25, 0.3) is 0 Å². The van der Waals surface area contributed by atoms with Crippen LogP contribution in [0.4, 0.5) is 17.5 Å². The summed E-state index contributed by atoms with van der Waals surface area (Å²) in [5, 5.41) is 8.81. The number of benzene rings is 2. The summed E-state index contributed by atoms with van der Waals surface area (Å²) in [7, 11) is 1.63. The Bertz CT molecular complexity index is 872. The van der Waals surface area contributed by atoms with E-state index in [1.807, 2.05) is 54.6 Å². The van der Waals surface area contributed by atoms with Crippen LogP contribution in [0.5, 0.6) is 5.75 Å². The monoisotopic (exact) mass is 353 g/mol. The molecule has 0 saturated carbocycles. The van der Waals surface area contributed by atoms with Crippen LogP contribution in [0, 0.1) is 0 Å². The third-order valence-electron chi connectivity index (χ3n) is 3.58. The summed E-state index contributed by atoms with van der Waals surface area (Å²) < 4.78 is 5.40. The van der Waals surface area contributed by atoms with Crippen molar-refractivity contribution >= 4 is 29.4 Å². The molecule has 2 aromatic carbocycles. The molecule has 0 bridgehead atoms. The Hall–Kier alpha value is -2.77. The molecule has 7 heteroatoms. The van der Waals surface area contributed by atoms with Crippen molar-refractivity contribution < 1.29 is 4.74 Å². The van der Waals surface area contributed by atoms with Gasteiger partial charge in [-0.1, -0.05) is 36.2 Å². The fourth-order valence-electron chi connectivity index (χ4n) is 2.51. The molecule has 0 atom stereocenters. The highest BCUT2D eigenvalue weighted by Crippen LogP contribution is 2.30. The second-order valence-electron chi connectivity index (χ2n) is 5.33. The molecule has 1 aromatic heterocycles. The van der Waals surface area contributed by atoms with Crippen molar-refractivity contribution in [2.45, 2.75) is 5.75 Å². The van der Waals surface area contributed by atoms with Gasteiger partial charge in [0.1, 0.15) is 11.6 Å². The van der Waals surface area contributed by atoms with E-state index in [9.17, 15) is 0 Å². The van der Waals surface area contributed by atoms with Gasteiger partial charge in [-0.2, -0.15) is 4.98 Å². The van der Waals surface area contributed by atoms with E-state index in [1.54, 1.807) is 7.11 Å². The van der Waals surface area contributed by atoms with Crippen molar-refractivity contribution in [2.75, 3.05) is 18.2 Å². The summed E-state index contributed by atoms with van der Waals surface area (Å²) >= 11 is 1.29. The van der Waals surface area contributed by atoms with Crippen molar-refractivity contribution in [2.24, 2.45) is 5.14 Å². The van der Waals surface area contributed by atoms with Gasteiger partial charge in [0, 0.05) is 23.1 Å². The maximum atomic E-state index is 5.90. The molecule has 5 N–H and O–H groups in total. The number of anilines is 3. The molecule has 128 valence electrons. The van der Waals surface area contributed by atoms with Crippen LogP contribution in [0.25, 0.3) is 11.3 Å². The number of nitrogens with one attached hydrogen (secondary N) is 1. The molecule has 0 amide bonds. The lowest BCUT2D eigenvalue weighted by Gasteiger charge is -2.11. The van der Waals surface area contributed by atoms with E-state index in [1.165, 1.54) is 11.9 Å². The van der Waals surface area contributed by atoms with Gasteiger partial charge in [-0.3, -0.25) is 5.14 Å². The van der Waals surface area contributed by atoms with Crippen LogP contribution in [0.1, 0.15) is 5.56 Å². The standard InChI is InChI=1S/C18H19N5OS/c1-24-16-8-3-2-7-14(16)15-10-17(23-18(19)22-15)21-13-6-4-5-12(9-13)11-25-20/h2-10H,11,20H2,1H3,(H3,19,21,22,23). The topological polar surface area (TPSA) is 99.1 Å². The zero-order valence-electron chi connectivity index (χ0n) is 13.8. The quantitative estimate of drug-likeness (QED) is 0.582. The highest BCUT2D eigenvalue weighted by atomic mass is 32.2. The first-order valence-corrected chi connectivity index (χ1v) is 8.70. The minimum absolute atomic E-state index is 0.194. The first-order chi connectivity index (χ1) is 12.2. The van der Waals surface area contributed by atoms with Crippen LogP contribution in [0.3, 0.4) is 0 Å². The van der Waals surface area contributed by atoms with E-state index in [-0.39, 0.29) is 5.95 Å². The van der Waals surface area contributed by atoms with Crippen LogP contribution in [-0.2, 0) is 5.75 Å². The van der Waals surface area contributed by atoms with E-state index >= 15 is 0 Å². The molecule has 0 saturated heterocycles. The van der Waals surface area contributed by atoms with Gasteiger partial charge in [0.15, 0.2) is 0 Å². The van der Waals surface area contributed by atoms with Crippen LogP contribution in [0.2, 0.25) is 0 Å². The van der Waals surface area contributed by atoms with Gasteiger partial charge >= 0.3 is 0 Å². The molecule has 1 heterocycles. The first-order valence-electron chi connectivity index (χ1n) is 7.65. The molecule has 0 radical (unpaired) electrons. The molecule has 0 aliphatic heterocycles. The van der Waals surface area contributed by atoms with Crippen molar-refractivity contribution in [3.63, 3.8) is 0 Å². The summed E-state index contributed by atoms with van der Waals surface area (Å²) in [5.41, 5.74) is 9.49. The Kier molecular flexibility index (Phi) is 5.37. The molecule has 0 fully saturated rings. The van der Waals surface area contributed by atoms with Gasteiger partial charge in [-0.05, 0) is 29.8 Å². The van der Waals surface area contributed by atoms with E-state index < -0.39 is 0 Å². The fourth-order valence-corrected chi connectivity index (χ4v) is 2.88. The number of nitrogens with zero attached hydrogens (tertiary/aromatic N) is 2. The summed E-state index contributed by atoms with van der Waals surface area (Å²) in [6, 6.07) is 17.5. The number of nitrogens with two attached hydrogens (primary N) is 2. The lowest BCUT2D eigenvalue weighted by Crippen LogP contribution is -2.02. The average Bonchev–Trinajstić information content (AvgIpc) is 2.62. The lowest BCUT2D eigenvalue weighted by molar-refractivity contribution is 0.416. The minimum atomic E-state index is 0.194. The Morgan fingerprint density at radius 1 is 1.08 bits per heavy atom. The number of para-hydroxylation sites is 1. The molecule has 3 aromatic rings. The minimum Gasteiger partial charge on any atom is -0.496 e. The zero-order chi connectivity index (χ0) is 17.6. The van der Waals surface area contributed by atoms with Crippen LogP contribution >= 0.6 is 11.9 Å². The summed E-state index contributed by atoms with van der Waals surface area (Å²) in [6.45, 7) is 0. The van der Waals surface area contributed by atoms with E-state index in [0.717, 1.165) is 28.3 Å². The molecule has 0 unspecified atom stereocenters. The molecule has 3 rings (SSSR count). The molecule has 0 aliphatic rings. The van der Waals surface area contributed by atoms with Crippen molar-refractivity contribution in [1.29, 1.82) is 0 Å². The second-order valence-corrected chi connectivity index (χ2v) is 5.96. The molecular weight excluding hydrogens is 334 g/mol. The summed E-state index contributed by atoms with van der Waals surface area (Å²) in [5.74, 6) is 2.28. The largest absolute Gasteiger partial charge is 0.496 e. The third kappa shape index (κ3) is 4.20. The van der Waals surface area contributed by atoms with E-state index in [4.69, 9.17) is 15.6 Å². The number of hydrogen-bond donors (Lipinski definition) is 3. The zero-order valence-corrected chi connectivity index (χ0v) is 14.6. The third-order valence-corrected chi connectivity index (χ3v) is 4.08. The average molecular weight is 353 g/mol. The number of nitrogen functional groups attached to an aromatic ring is 1. The number of aromatic nitrogens is 2. The predicted octanol–water partition coefficient (Wildman–Crippen LogP) is 3.58. The maximum absolute atomic E-state index is 5.90. The predicted molar refractivity (Wildman–Crippen MR) is 104 cm³/mol.